The smallest absolute Gasteiger partial charge is 0.328 e. The van der Waals surface area contributed by atoms with E-state index in [9.17, 15) is 19.2 Å². The third-order valence-corrected chi connectivity index (χ3v) is 5.98. The van der Waals surface area contributed by atoms with Crippen LogP contribution in [0.1, 0.15) is 91.9 Å². The summed E-state index contributed by atoms with van der Waals surface area (Å²) in [5.74, 6) is -1.14. The molecule has 3 atom stereocenters. The van der Waals surface area contributed by atoms with E-state index < -0.39 is 18.1 Å². The van der Waals surface area contributed by atoms with Crippen molar-refractivity contribution in [1.82, 2.24) is 16.0 Å². The van der Waals surface area contributed by atoms with Gasteiger partial charge in [-0.05, 0) is 37.5 Å². The van der Waals surface area contributed by atoms with Crippen molar-refractivity contribution in [3.63, 3.8) is 0 Å². The van der Waals surface area contributed by atoms with Crippen molar-refractivity contribution >= 4 is 23.7 Å². The highest BCUT2D eigenvalue weighted by molar-refractivity contribution is 5.91. The van der Waals surface area contributed by atoms with Crippen LogP contribution in [0.25, 0.3) is 0 Å². The molecular formula is C24H43N3O5. The van der Waals surface area contributed by atoms with Gasteiger partial charge in [0.15, 0.2) is 0 Å². The molecule has 0 radical (unpaired) electrons. The number of cyclic esters (lactones) is 1. The second-order valence-electron chi connectivity index (χ2n) is 9.15. The van der Waals surface area contributed by atoms with E-state index in [2.05, 4.69) is 16.0 Å². The maximum atomic E-state index is 12.9. The third kappa shape index (κ3) is 11.0. The largest absolute Gasteiger partial charge is 0.464 e. The Hall–Kier alpha value is -2.12. The van der Waals surface area contributed by atoms with Crippen molar-refractivity contribution < 1.29 is 23.9 Å². The van der Waals surface area contributed by atoms with Crippen molar-refractivity contribution in [1.29, 1.82) is 0 Å². The van der Waals surface area contributed by atoms with Gasteiger partial charge < -0.3 is 20.7 Å². The Labute approximate surface area is 193 Å². The van der Waals surface area contributed by atoms with Crippen molar-refractivity contribution in [3.05, 3.63) is 0 Å². The van der Waals surface area contributed by atoms with E-state index in [0.29, 0.717) is 32.2 Å². The molecule has 0 aliphatic carbocycles. The van der Waals surface area contributed by atoms with Crippen LogP contribution < -0.4 is 16.0 Å². The Morgan fingerprint density at radius 2 is 1.44 bits per heavy atom. The molecule has 1 aliphatic rings. The molecule has 1 rings (SSSR count). The molecule has 3 N–H and O–H groups in total. The highest BCUT2D eigenvalue weighted by atomic mass is 16.5. The van der Waals surface area contributed by atoms with Crippen LogP contribution in [0.2, 0.25) is 0 Å². The lowest BCUT2D eigenvalue weighted by Gasteiger charge is -2.27. The monoisotopic (exact) mass is 453 g/mol. The molecule has 1 saturated heterocycles. The molecule has 8 heteroatoms. The van der Waals surface area contributed by atoms with Gasteiger partial charge in [0.1, 0.15) is 12.1 Å². The van der Waals surface area contributed by atoms with Gasteiger partial charge in [-0.15, -0.1) is 0 Å². The zero-order valence-corrected chi connectivity index (χ0v) is 20.3. The molecule has 0 aromatic rings. The van der Waals surface area contributed by atoms with Crippen molar-refractivity contribution in [2.45, 2.75) is 104 Å². The molecule has 0 bridgehead atoms. The molecule has 8 nitrogen and oxygen atoms in total. The van der Waals surface area contributed by atoms with Crippen LogP contribution in [0.3, 0.4) is 0 Å². The lowest BCUT2D eigenvalue weighted by Crippen LogP contribution is -2.55. The Balaban J connectivity index is 2.84. The number of hydrogen-bond donors (Lipinski definition) is 3. The molecule has 1 aliphatic heterocycles. The molecule has 32 heavy (non-hydrogen) atoms. The Bertz CT molecular complexity index is 608. The number of esters is 1. The predicted octanol–water partition coefficient (Wildman–Crippen LogP) is 2.84. The van der Waals surface area contributed by atoms with Gasteiger partial charge in [-0.1, -0.05) is 53.4 Å². The fraction of sp³-hybridized carbons (Fsp3) is 0.833. The summed E-state index contributed by atoms with van der Waals surface area (Å²) in [7, 11) is 0. The summed E-state index contributed by atoms with van der Waals surface area (Å²) in [5, 5.41) is 8.56. The SMILES string of the molecule is CC[C@H](C)[C@@H]1NC(=O)[C@H](C(C)C)NC(=O)CCCCCCCC(=O)NCCCCOC1=O. The van der Waals surface area contributed by atoms with E-state index in [1.807, 2.05) is 27.7 Å². The maximum Gasteiger partial charge on any atom is 0.328 e. The first kappa shape index (κ1) is 27.9. The highest BCUT2D eigenvalue weighted by Gasteiger charge is 2.32. The quantitative estimate of drug-likeness (QED) is 0.569. The number of rotatable bonds is 3. The zero-order chi connectivity index (χ0) is 23.9. The summed E-state index contributed by atoms with van der Waals surface area (Å²) < 4.78 is 5.41. The van der Waals surface area contributed by atoms with Crippen molar-refractivity contribution in [2.24, 2.45) is 11.8 Å². The molecule has 1 heterocycles. The van der Waals surface area contributed by atoms with Crippen LogP contribution >= 0.6 is 0 Å². The highest BCUT2D eigenvalue weighted by Crippen LogP contribution is 2.13. The second-order valence-corrected chi connectivity index (χ2v) is 9.15. The molecule has 1 fully saturated rings. The van der Waals surface area contributed by atoms with E-state index >= 15 is 0 Å². The molecule has 0 aromatic heterocycles. The van der Waals surface area contributed by atoms with E-state index in [4.69, 9.17) is 4.74 Å². The van der Waals surface area contributed by atoms with Gasteiger partial charge >= 0.3 is 5.97 Å². The summed E-state index contributed by atoms with van der Waals surface area (Å²) >= 11 is 0. The summed E-state index contributed by atoms with van der Waals surface area (Å²) in [4.78, 5) is 49.9. The number of nitrogens with one attached hydrogen (secondary N) is 3. The Morgan fingerprint density at radius 1 is 0.812 bits per heavy atom. The lowest BCUT2D eigenvalue weighted by atomic mass is 9.97. The molecule has 0 saturated carbocycles. The van der Waals surface area contributed by atoms with Crippen LogP contribution in [-0.2, 0) is 23.9 Å². The molecule has 0 unspecified atom stereocenters. The van der Waals surface area contributed by atoms with Crippen LogP contribution in [0.4, 0.5) is 0 Å². The maximum absolute atomic E-state index is 12.9. The number of carbonyl (C=O) groups excluding carboxylic acids is 4. The minimum Gasteiger partial charge on any atom is -0.464 e. The first-order chi connectivity index (χ1) is 15.3. The predicted molar refractivity (Wildman–Crippen MR) is 124 cm³/mol. The van der Waals surface area contributed by atoms with Gasteiger partial charge in [-0.2, -0.15) is 0 Å². The van der Waals surface area contributed by atoms with Gasteiger partial charge in [0.25, 0.3) is 0 Å². The summed E-state index contributed by atoms with van der Waals surface area (Å²) in [6.07, 6.45) is 7.35. The summed E-state index contributed by atoms with van der Waals surface area (Å²) in [6.45, 7) is 8.39. The molecule has 184 valence electrons. The van der Waals surface area contributed by atoms with E-state index in [1.54, 1.807) is 0 Å². The first-order valence-corrected chi connectivity index (χ1v) is 12.3. The molecule has 0 aromatic carbocycles. The fourth-order valence-corrected chi connectivity index (χ4v) is 3.60. The van der Waals surface area contributed by atoms with Crippen molar-refractivity contribution in [3.8, 4) is 0 Å². The van der Waals surface area contributed by atoms with Gasteiger partial charge in [0.05, 0.1) is 6.61 Å². The van der Waals surface area contributed by atoms with Gasteiger partial charge in [-0.3, -0.25) is 14.4 Å². The van der Waals surface area contributed by atoms with Gasteiger partial charge in [0, 0.05) is 19.4 Å². The number of amides is 3. The van der Waals surface area contributed by atoms with E-state index in [-0.39, 0.29) is 36.2 Å². The molecular weight excluding hydrogens is 410 g/mol. The zero-order valence-electron chi connectivity index (χ0n) is 20.3. The number of carbonyl (C=O) groups is 4. The van der Waals surface area contributed by atoms with Gasteiger partial charge in [0.2, 0.25) is 17.7 Å². The number of hydrogen-bond acceptors (Lipinski definition) is 5. The minimum atomic E-state index is -0.764. The third-order valence-electron chi connectivity index (χ3n) is 5.98. The average molecular weight is 454 g/mol. The van der Waals surface area contributed by atoms with Crippen LogP contribution in [0.5, 0.6) is 0 Å². The summed E-state index contributed by atoms with van der Waals surface area (Å²) in [6, 6.07) is -1.47. The van der Waals surface area contributed by atoms with Gasteiger partial charge in [-0.25, -0.2) is 4.79 Å². The topological polar surface area (TPSA) is 114 Å². The number of ether oxygens (including phenoxy) is 1. The normalized spacial score (nSPS) is 25.0. The first-order valence-electron chi connectivity index (χ1n) is 12.3. The fourth-order valence-electron chi connectivity index (χ4n) is 3.60. The Kier molecular flexibility index (Phi) is 13.6. The second kappa shape index (κ2) is 15.6. The standard InChI is InChI=1S/C24H43N3O5/c1-5-18(4)22-24(31)32-16-12-11-15-25-19(28)13-9-7-6-8-10-14-20(29)26-21(17(2)3)23(30)27-22/h17-18,21-22H,5-16H2,1-4H3,(H,25,28)(H,26,29)(H,27,30)/t18-,21-,22-/m0/s1. The van der Waals surface area contributed by atoms with Crippen LogP contribution in [-0.4, -0.2) is 48.9 Å². The van der Waals surface area contributed by atoms with E-state index in [0.717, 1.165) is 38.5 Å². The molecule has 3 amide bonds. The lowest BCUT2D eigenvalue weighted by molar-refractivity contribution is -0.150. The van der Waals surface area contributed by atoms with Crippen LogP contribution in [0, 0.1) is 11.8 Å². The Morgan fingerprint density at radius 3 is 2.06 bits per heavy atom. The molecule has 0 spiro atoms. The average Bonchev–Trinajstić information content (AvgIpc) is 2.75. The van der Waals surface area contributed by atoms with Crippen LogP contribution in [0.15, 0.2) is 0 Å². The van der Waals surface area contributed by atoms with E-state index in [1.165, 1.54) is 0 Å². The van der Waals surface area contributed by atoms with Crippen molar-refractivity contribution in [2.75, 3.05) is 13.2 Å². The summed E-state index contributed by atoms with van der Waals surface area (Å²) in [5.41, 5.74) is 0. The minimum absolute atomic E-state index is 0.0477.